The van der Waals surface area contributed by atoms with Crippen molar-refractivity contribution in [2.24, 2.45) is 5.92 Å². The zero-order valence-corrected chi connectivity index (χ0v) is 12.6. The van der Waals surface area contributed by atoms with Crippen LogP contribution in [0.2, 0.25) is 0 Å². The van der Waals surface area contributed by atoms with E-state index in [9.17, 15) is 18.7 Å². The Morgan fingerprint density at radius 2 is 1.81 bits per heavy atom. The van der Waals surface area contributed by atoms with Gasteiger partial charge in [-0.25, -0.2) is 8.78 Å². The van der Waals surface area contributed by atoms with Crippen molar-refractivity contribution in [3.63, 3.8) is 0 Å². The molecule has 2 nitrogen and oxygen atoms in total. The third kappa shape index (κ3) is 4.36. The number of carbonyl (C=O) groups is 1. The number of aliphatic carboxylic acids is 1. The molecule has 0 aliphatic heterocycles. The van der Waals surface area contributed by atoms with Crippen molar-refractivity contribution < 1.29 is 18.7 Å². The summed E-state index contributed by atoms with van der Waals surface area (Å²) in [6.45, 7) is 0. The summed E-state index contributed by atoms with van der Waals surface area (Å²) in [5, 5.41) is 9.33. The fourth-order valence-electron chi connectivity index (χ4n) is 2.15. The molecule has 0 spiro atoms. The molecule has 0 aromatic heterocycles. The summed E-state index contributed by atoms with van der Waals surface area (Å²) in [4.78, 5) is 11.4. The maximum absolute atomic E-state index is 13.2. The van der Waals surface area contributed by atoms with Gasteiger partial charge in [0.1, 0.15) is 11.6 Å². The van der Waals surface area contributed by atoms with Gasteiger partial charge in [-0.1, -0.05) is 34.1 Å². The molecule has 0 fully saturated rings. The number of carboxylic acids is 1. The summed E-state index contributed by atoms with van der Waals surface area (Å²) in [6.07, 6.45) is 0.462. The van der Waals surface area contributed by atoms with Crippen LogP contribution in [0, 0.1) is 17.6 Å². The van der Waals surface area contributed by atoms with Gasteiger partial charge in [-0.2, -0.15) is 0 Å². The molecule has 21 heavy (non-hydrogen) atoms. The highest BCUT2D eigenvalue weighted by Crippen LogP contribution is 2.23. The van der Waals surface area contributed by atoms with Gasteiger partial charge >= 0.3 is 5.97 Å². The summed E-state index contributed by atoms with van der Waals surface area (Å²) in [6, 6.07) is 10.0. The van der Waals surface area contributed by atoms with Crippen LogP contribution in [0.15, 0.2) is 46.9 Å². The van der Waals surface area contributed by atoms with Gasteiger partial charge in [0.05, 0.1) is 5.92 Å². The highest BCUT2D eigenvalue weighted by molar-refractivity contribution is 9.10. The van der Waals surface area contributed by atoms with Crippen LogP contribution in [0.5, 0.6) is 0 Å². The fourth-order valence-corrected chi connectivity index (χ4v) is 2.66. The maximum atomic E-state index is 13.2. The molecule has 1 N–H and O–H groups in total. The second-order valence-corrected chi connectivity index (χ2v) is 5.66. The van der Waals surface area contributed by atoms with E-state index in [-0.39, 0.29) is 24.5 Å². The van der Waals surface area contributed by atoms with Crippen LogP contribution in [-0.4, -0.2) is 11.1 Å². The van der Waals surface area contributed by atoms with Gasteiger partial charge in [0.25, 0.3) is 0 Å². The maximum Gasteiger partial charge on any atom is 0.307 e. The van der Waals surface area contributed by atoms with Crippen LogP contribution >= 0.6 is 15.9 Å². The smallest absolute Gasteiger partial charge is 0.307 e. The lowest BCUT2D eigenvalue weighted by molar-refractivity contribution is -0.141. The lowest BCUT2D eigenvalue weighted by atomic mass is 9.92. The normalized spacial score (nSPS) is 12.1. The van der Waals surface area contributed by atoms with Crippen molar-refractivity contribution in [3.05, 3.63) is 69.7 Å². The highest BCUT2D eigenvalue weighted by Gasteiger charge is 2.20. The van der Waals surface area contributed by atoms with Gasteiger partial charge in [0.15, 0.2) is 0 Å². The van der Waals surface area contributed by atoms with Gasteiger partial charge in [0, 0.05) is 4.47 Å². The molecular formula is C16H13BrF2O2. The molecule has 2 aromatic rings. The molecule has 2 aromatic carbocycles. The predicted octanol–water partition coefficient (Wildman–Crippen LogP) is 4.21. The lowest BCUT2D eigenvalue weighted by Gasteiger charge is -2.14. The zero-order chi connectivity index (χ0) is 15.4. The molecule has 0 radical (unpaired) electrons. The third-order valence-electron chi connectivity index (χ3n) is 3.20. The van der Waals surface area contributed by atoms with Crippen LogP contribution in [0.1, 0.15) is 11.1 Å². The van der Waals surface area contributed by atoms with Crippen LogP contribution in [0.4, 0.5) is 8.78 Å². The monoisotopic (exact) mass is 354 g/mol. The number of hydrogen-bond acceptors (Lipinski definition) is 1. The van der Waals surface area contributed by atoms with Gasteiger partial charge in [0.2, 0.25) is 0 Å². The number of halogens is 3. The summed E-state index contributed by atoms with van der Waals surface area (Å²) >= 11 is 3.23. The van der Waals surface area contributed by atoms with Gasteiger partial charge in [-0.05, 0) is 48.2 Å². The quantitative estimate of drug-likeness (QED) is 0.872. The second kappa shape index (κ2) is 6.80. The summed E-state index contributed by atoms with van der Waals surface area (Å²) in [5.74, 6) is -2.44. The number of hydrogen-bond donors (Lipinski definition) is 1. The molecule has 0 saturated heterocycles. The molecule has 0 aliphatic carbocycles. The van der Waals surface area contributed by atoms with Crippen molar-refractivity contribution in [2.75, 3.05) is 0 Å². The van der Waals surface area contributed by atoms with E-state index in [2.05, 4.69) is 15.9 Å². The molecule has 0 saturated carbocycles. The molecule has 0 amide bonds. The first-order valence-corrected chi connectivity index (χ1v) is 7.16. The standard InChI is InChI=1S/C16H13BrF2O2/c17-15-9-14(19)5-4-11(15)8-12(16(20)21)6-10-2-1-3-13(18)7-10/h1-5,7,9,12H,6,8H2,(H,20,21). The van der Waals surface area contributed by atoms with Gasteiger partial charge in [-0.15, -0.1) is 0 Å². The van der Waals surface area contributed by atoms with Crippen LogP contribution in [0.25, 0.3) is 0 Å². The molecule has 1 unspecified atom stereocenters. The first-order valence-electron chi connectivity index (χ1n) is 6.37. The van der Waals surface area contributed by atoms with E-state index in [1.165, 1.54) is 24.3 Å². The Hall–Kier alpha value is -1.75. The first kappa shape index (κ1) is 15.6. The first-order chi connectivity index (χ1) is 9.95. The molecule has 0 aliphatic rings. The van der Waals surface area contributed by atoms with Gasteiger partial charge in [-0.3, -0.25) is 4.79 Å². The summed E-state index contributed by atoms with van der Waals surface area (Å²) < 4.78 is 26.7. The molecule has 2 rings (SSSR count). The van der Waals surface area contributed by atoms with E-state index in [1.807, 2.05) is 0 Å². The van der Waals surface area contributed by atoms with E-state index in [0.717, 1.165) is 0 Å². The minimum Gasteiger partial charge on any atom is -0.481 e. The average molecular weight is 355 g/mol. The van der Waals surface area contributed by atoms with Crippen molar-refractivity contribution in [1.82, 2.24) is 0 Å². The Labute approximate surface area is 129 Å². The van der Waals surface area contributed by atoms with Crippen molar-refractivity contribution in [3.8, 4) is 0 Å². The average Bonchev–Trinajstić information content (AvgIpc) is 2.40. The fraction of sp³-hybridized carbons (Fsp3) is 0.188. The Balaban J connectivity index is 2.18. The zero-order valence-electron chi connectivity index (χ0n) is 11.0. The predicted molar refractivity (Wildman–Crippen MR) is 79.0 cm³/mol. The van der Waals surface area contributed by atoms with Gasteiger partial charge < -0.3 is 5.11 Å². The van der Waals surface area contributed by atoms with Crippen LogP contribution in [-0.2, 0) is 17.6 Å². The lowest BCUT2D eigenvalue weighted by Crippen LogP contribution is -2.19. The molecular weight excluding hydrogens is 342 g/mol. The minimum atomic E-state index is -0.963. The molecule has 0 bridgehead atoms. The minimum absolute atomic E-state index is 0.219. The van der Waals surface area contributed by atoms with E-state index in [1.54, 1.807) is 18.2 Å². The topological polar surface area (TPSA) is 37.3 Å². The Morgan fingerprint density at radius 3 is 2.43 bits per heavy atom. The summed E-state index contributed by atoms with van der Waals surface area (Å²) in [7, 11) is 0. The number of rotatable bonds is 5. The van der Waals surface area contributed by atoms with Crippen LogP contribution in [0.3, 0.4) is 0 Å². The SMILES string of the molecule is O=C(O)C(Cc1cccc(F)c1)Cc1ccc(F)cc1Br. The largest absolute Gasteiger partial charge is 0.481 e. The molecule has 1 atom stereocenters. The van der Waals surface area contributed by atoms with E-state index >= 15 is 0 Å². The summed E-state index contributed by atoms with van der Waals surface area (Å²) in [5.41, 5.74) is 1.33. The van der Waals surface area contributed by atoms with E-state index < -0.39 is 11.9 Å². The Morgan fingerprint density at radius 1 is 1.10 bits per heavy atom. The second-order valence-electron chi connectivity index (χ2n) is 4.81. The Kier molecular flexibility index (Phi) is 5.07. The van der Waals surface area contributed by atoms with Crippen molar-refractivity contribution >= 4 is 21.9 Å². The highest BCUT2D eigenvalue weighted by atomic mass is 79.9. The van der Waals surface area contributed by atoms with Crippen LogP contribution < -0.4 is 0 Å². The number of benzene rings is 2. The van der Waals surface area contributed by atoms with Crippen molar-refractivity contribution in [2.45, 2.75) is 12.8 Å². The molecule has 110 valence electrons. The molecule has 5 heteroatoms. The Bertz CT molecular complexity index is 658. The molecule has 0 heterocycles. The number of carboxylic acid groups (broad SMARTS) is 1. The third-order valence-corrected chi connectivity index (χ3v) is 3.94. The van der Waals surface area contributed by atoms with Crippen molar-refractivity contribution in [1.29, 1.82) is 0 Å². The van der Waals surface area contributed by atoms with E-state index in [4.69, 9.17) is 0 Å². The van der Waals surface area contributed by atoms with E-state index in [0.29, 0.717) is 15.6 Å².